The molecule has 0 saturated carbocycles. The summed E-state index contributed by atoms with van der Waals surface area (Å²) in [6.07, 6.45) is -1.64. The second kappa shape index (κ2) is 6.31. The van der Waals surface area contributed by atoms with E-state index in [0.29, 0.717) is 13.1 Å². The fourth-order valence-corrected chi connectivity index (χ4v) is 2.75. The summed E-state index contributed by atoms with van der Waals surface area (Å²) in [5, 5.41) is 0. The molecule has 1 aromatic heterocycles. The topological polar surface area (TPSA) is 58.6 Å². The van der Waals surface area contributed by atoms with Crippen LogP contribution in [0.2, 0.25) is 0 Å². The van der Waals surface area contributed by atoms with E-state index in [2.05, 4.69) is 9.97 Å². The molecule has 2 fully saturated rings. The van der Waals surface area contributed by atoms with Crippen LogP contribution in [0.25, 0.3) is 0 Å². The summed E-state index contributed by atoms with van der Waals surface area (Å²) >= 11 is 0. The van der Waals surface area contributed by atoms with Gasteiger partial charge < -0.3 is 14.5 Å². The van der Waals surface area contributed by atoms with Crippen molar-refractivity contribution in [2.75, 3.05) is 37.7 Å². The number of alkyl halides is 3. The highest BCUT2D eigenvalue weighted by Crippen LogP contribution is 2.27. The van der Waals surface area contributed by atoms with E-state index >= 15 is 0 Å². The molecule has 0 aromatic carbocycles. The fourth-order valence-electron chi connectivity index (χ4n) is 2.75. The fraction of sp³-hybridized carbons (Fsp3) is 0.643. The Morgan fingerprint density at radius 3 is 2.65 bits per heavy atom. The zero-order chi connectivity index (χ0) is 16.4. The Hall–Kier alpha value is -1.90. The van der Waals surface area contributed by atoms with Gasteiger partial charge in [0.25, 0.3) is 5.91 Å². The second-order valence-electron chi connectivity index (χ2n) is 5.61. The van der Waals surface area contributed by atoms with Crippen LogP contribution in [0.15, 0.2) is 12.4 Å². The van der Waals surface area contributed by atoms with Crippen molar-refractivity contribution in [3.05, 3.63) is 18.1 Å². The van der Waals surface area contributed by atoms with Crippen molar-refractivity contribution in [3.8, 4) is 0 Å². The minimum absolute atomic E-state index is 0.0455. The van der Waals surface area contributed by atoms with Gasteiger partial charge in [0, 0.05) is 19.6 Å². The first-order valence-electron chi connectivity index (χ1n) is 7.50. The van der Waals surface area contributed by atoms with Gasteiger partial charge in [-0.2, -0.15) is 13.2 Å². The van der Waals surface area contributed by atoms with E-state index in [4.69, 9.17) is 4.74 Å². The highest BCUT2D eigenvalue weighted by Gasteiger charge is 2.43. The minimum atomic E-state index is -4.42. The van der Waals surface area contributed by atoms with Crippen LogP contribution in [0.4, 0.5) is 19.0 Å². The predicted molar refractivity (Wildman–Crippen MR) is 75.2 cm³/mol. The summed E-state index contributed by atoms with van der Waals surface area (Å²) in [5.74, 6) is 0.0464. The number of halogens is 3. The molecule has 2 saturated heterocycles. The number of carbonyl (C=O) groups is 1. The molecule has 0 spiro atoms. The average Bonchev–Trinajstić information content (AvgIpc) is 3.08. The van der Waals surface area contributed by atoms with Gasteiger partial charge in [0.1, 0.15) is 11.5 Å². The Balaban J connectivity index is 1.75. The summed E-state index contributed by atoms with van der Waals surface area (Å²) in [6, 6.07) is 0. The highest BCUT2D eigenvalue weighted by atomic mass is 19.4. The Labute approximate surface area is 131 Å². The zero-order valence-corrected chi connectivity index (χ0v) is 12.4. The number of morpholine rings is 1. The average molecular weight is 330 g/mol. The minimum Gasteiger partial charge on any atom is -0.365 e. The molecule has 126 valence electrons. The maximum atomic E-state index is 12.8. The molecule has 3 rings (SSSR count). The first-order chi connectivity index (χ1) is 10.9. The quantitative estimate of drug-likeness (QED) is 0.822. The van der Waals surface area contributed by atoms with E-state index in [1.807, 2.05) is 0 Å². The van der Waals surface area contributed by atoms with E-state index in [1.54, 1.807) is 4.90 Å². The number of hydrogen-bond donors (Lipinski definition) is 0. The summed E-state index contributed by atoms with van der Waals surface area (Å²) in [4.78, 5) is 23.6. The summed E-state index contributed by atoms with van der Waals surface area (Å²) in [5.41, 5.74) is 0.166. The van der Waals surface area contributed by atoms with Gasteiger partial charge in [0.2, 0.25) is 0 Å². The van der Waals surface area contributed by atoms with Gasteiger partial charge in [-0.1, -0.05) is 0 Å². The zero-order valence-electron chi connectivity index (χ0n) is 12.4. The number of likely N-dealkylation sites (tertiary alicyclic amines) is 1. The monoisotopic (exact) mass is 330 g/mol. The smallest absolute Gasteiger partial charge is 0.365 e. The number of rotatable bonds is 2. The molecule has 23 heavy (non-hydrogen) atoms. The van der Waals surface area contributed by atoms with Gasteiger partial charge in [-0.05, 0) is 12.8 Å². The Morgan fingerprint density at radius 2 is 1.96 bits per heavy atom. The van der Waals surface area contributed by atoms with Crippen LogP contribution >= 0.6 is 0 Å². The standard InChI is InChI=1S/C14H17F3N4O2/c15-14(16,17)11-9-21(5-6-23-11)12-8-18-7-10(19-12)13(22)20-3-1-2-4-20/h7-8,11H,1-6,9H2. The van der Waals surface area contributed by atoms with Crippen molar-refractivity contribution in [2.24, 2.45) is 0 Å². The number of ether oxygens (including phenoxy) is 1. The summed E-state index contributed by atoms with van der Waals surface area (Å²) in [7, 11) is 0. The predicted octanol–water partition coefficient (Wildman–Crippen LogP) is 1.48. The van der Waals surface area contributed by atoms with Gasteiger partial charge in [-0.3, -0.25) is 9.78 Å². The van der Waals surface area contributed by atoms with Crippen molar-refractivity contribution in [3.63, 3.8) is 0 Å². The number of anilines is 1. The summed E-state index contributed by atoms with van der Waals surface area (Å²) in [6.45, 7) is 1.25. The van der Waals surface area contributed by atoms with Crippen molar-refractivity contribution < 1.29 is 22.7 Å². The second-order valence-corrected chi connectivity index (χ2v) is 5.61. The molecule has 2 aliphatic rings. The largest absolute Gasteiger partial charge is 0.416 e. The number of aromatic nitrogens is 2. The molecule has 6 nitrogen and oxygen atoms in total. The van der Waals surface area contributed by atoms with Crippen molar-refractivity contribution in [2.45, 2.75) is 25.1 Å². The van der Waals surface area contributed by atoms with E-state index in [1.165, 1.54) is 17.3 Å². The lowest BCUT2D eigenvalue weighted by molar-refractivity contribution is -0.221. The van der Waals surface area contributed by atoms with Crippen LogP contribution in [0, 0.1) is 0 Å². The first kappa shape index (κ1) is 16.0. The molecule has 0 bridgehead atoms. The van der Waals surface area contributed by atoms with Gasteiger partial charge in [-0.15, -0.1) is 0 Å². The van der Waals surface area contributed by atoms with Crippen molar-refractivity contribution in [1.29, 1.82) is 0 Å². The van der Waals surface area contributed by atoms with Crippen LogP contribution in [-0.2, 0) is 4.74 Å². The maximum absolute atomic E-state index is 12.8. The van der Waals surface area contributed by atoms with Crippen molar-refractivity contribution in [1.82, 2.24) is 14.9 Å². The summed E-state index contributed by atoms with van der Waals surface area (Å²) < 4.78 is 43.1. The maximum Gasteiger partial charge on any atom is 0.416 e. The first-order valence-corrected chi connectivity index (χ1v) is 7.50. The molecule has 0 N–H and O–H groups in total. The lowest BCUT2D eigenvalue weighted by Crippen LogP contribution is -2.49. The van der Waals surface area contributed by atoms with Gasteiger partial charge in [0.05, 0.1) is 25.5 Å². The third-order valence-electron chi connectivity index (χ3n) is 3.99. The molecule has 0 aliphatic carbocycles. The van der Waals surface area contributed by atoms with Crippen LogP contribution in [0.1, 0.15) is 23.3 Å². The molecule has 1 amide bonds. The Bertz CT molecular complexity index is 575. The third-order valence-corrected chi connectivity index (χ3v) is 3.99. The van der Waals surface area contributed by atoms with E-state index < -0.39 is 12.3 Å². The van der Waals surface area contributed by atoms with Crippen LogP contribution in [0.5, 0.6) is 0 Å². The third kappa shape index (κ3) is 3.54. The molecule has 1 atom stereocenters. The molecular formula is C14H17F3N4O2. The molecule has 1 unspecified atom stereocenters. The number of nitrogens with zero attached hydrogens (tertiary/aromatic N) is 4. The van der Waals surface area contributed by atoms with Crippen LogP contribution in [0.3, 0.4) is 0 Å². The van der Waals surface area contributed by atoms with Crippen LogP contribution < -0.4 is 4.90 Å². The number of amides is 1. The Kier molecular flexibility index (Phi) is 4.38. The van der Waals surface area contributed by atoms with Gasteiger partial charge >= 0.3 is 6.18 Å². The lowest BCUT2D eigenvalue weighted by Gasteiger charge is -2.34. The van der Waals surface area contributed by atoms with Crippen molar-refractivity contribution >= 4 is 11.7 Å². The normalized spacial score (nSPS) is 22.5. The molecule has 9 heteroatoms. The number of hydrogen-bond acceptors (Lipinski definition) is 5. The van der Waals surface area contributed by atoms with E-state index in [0.717, 1.165) is 12.8 Å². The van der Waals surface area contributed by atoms with Gasteiger partial charge in [0.15, 0.2) is 6.10 Å². The Morgan fingerprint density at radius 1 is 1.22 bits per heavy atom. The van der Waals surface area contributed by atoms with E-state index in [-0.39, 0.29) is 37.1 Å². The molecule has 3 heterocycles. The highest BCUT2D eigenvalue weighted by molar-refractivity contribution is 5.92. The lowest BCUT2D eigenvalue weighted by atomic mass is 10.2. The van der Waals surface area contributed by atoms with E-state index in [9.17, 15) is 18.0 Å². The van der Waals surface area contributed by atoms with Gasteiger partial charge in [-0.25, -0.2) is 4.98 Å². The molecule has 2 aliphatic heterocycles. The molecule has 1 aromatic rings. The molecule has 0 radical (unpaired) electrons. The molecular weight excluding hydrogens is 313 g/mol. The van der Waals surface area contributed by atoms with Crippen LogP contribution in [-0.4, -0.2) is 65.8 Å². The SMILES string of the molecule is O=C(c1cncc(N2CCOC(C(F)(F)F)C2)n1)N1CCCC1. The number of carbonyl (C=O) groups excluding carboxylic acids is 1.